The number of carbonyl (C=O) groups is 3. The summed E-state index contributed by atoms with van der Waals surface area (Å²) in [6.45, 7) is 9.27. The number of nitrogens with zero attached hydrogens (tertiary/aromatic N) is 1. The van der Waals surface area contributed by atoms with Gasteiger partial charge in [-0.15, -0.1) is 24.7 Å². The first-order valence-corrected chi connectivity index (χ1v) is 21.3. The monoisotopic (exact) mass is 813 g/mol. The Morgan fingerprint density at radius 1 is 0.881 bits per heavy atom. The van der Waals surface area contributed by atoms with Crippen molar-refractivity contribution >= 4 is 17.9 Å². The fraction of sp³-hybridized carbons (Fsp3) is 0.592. The second kappa shape index (κ2) is 25.9. The minimum Gasteiger partial charge on any atom is -0.460 e. The summed E-state index contributed by atoms with van der Waals surface area (Å²) in [6.07, 6.45) is 21.1. The molecule has 1 heterocycles. The van der Waals surface area contributed by atoms with Crippen LogP contribution in [0, 0.1) is 67.1 Å². The Labute approximate surface area is 352 Å². The number of aryl methyl sites for hydroxylation is 2. The summed E-state index contributed by atoms with van der Waals surface area (Å²) in [4.78, 5) is 43.9. The number of pyridine rings is 1. The van der Waals surface area contributed by atoms with Crippen LogP contribution >= 0.6 is 0 Å². The van der Waals surface area contributed by atoms with E-state index in [-0.39, 0.29) is 61.9 Å². The molecule has 0 aliphatic heterocycles. The van der Waals surface area contributed by atoms with Crippen LogP contribution in [0.25, 0.3) is 0 Å². The predicted molar refractivity (Wildman–Crippen MR) is 228 cm³/mol. The lowest BCUT2D eigenvalue weighted by Crippen LogP contribution is -2.23. The number of aliphatic hydroxyl groups excluding tert-OH is 3. The van der Waals surface area contributed by atoms with Gasteiger partial charge in [-0.3, -0.25) is 19.4 Å². The van der Waals surface area contributed by atoms with E-state index in [1.54, 1.807) is 6.92 Å². The Morgan fingerprint density at radius 2 is 1.49 bits per heavy atom. The molecule has 322 valence electrons. The number of rotatable bonds is 25. The lowest BCUT2D eigenvalue weighted by Gasteiger charge is -2.23. The van der Waals surface area contributed by atoms with Crippen molar-refractivity contribution in [3.05, 3.63) is 71.1 Å². The first-order chi connectivity index (χ1) is 28.2. The molecule has 3 unspecified atom stereocenters. The van der Waals surface area contributed by atoms with Crippen LogP contribution in [0.5, 0.6) is 5.75 Å². The summed E-state index contributed by atoms with van der Waals surface area (Å²) in [5, 5.41) is 32.1. The third kappa shape index (κ3) is 17.0. The summed E-state index contributed by atoms with van der Waals surface area (Å²) < 4.78 is 17.4. The third-order valence-electron chi connectivity index (χ3n) is 11.0. The smallest absolute Gasteiger partial charge is 0.311 e. The molecule has 3 rings (SSSR count). The maximum Gasteiger partial charge on any atom is 0.311 e. The zero-order valence-corrected chi connectivity index (χ0v) is 35.8. The van der Waals surface area contributed by atoms with Gasteiger partial charge < -0.3 is 29.5 Å². The van der Waals surface area contributed by atoms with Crippen molar-refractivity contribution in [2.45, 2.75) is 150 Å². The topological polar surface area (TPSA) is 152 Å². The van der Waals surface area contributed by atoms with Gasteiger partial charge in [0.1, 0.15) is 13.2 Å². The zero-order valence-electron chi connectivity index (χ0n) is 35.8. The molecule has 0 saturated heterocycles. The van der Waals surface area contributed by atoms with E-state index >= 15 is 0 Å². The Morgan fingerprint density at radius 3 is 2.10 bits per heavy atom. The fourth-order valence-corrected chi connectivity index (χ4v) is 7.88. The van der Waals surface area contributed by atoms with Crippen LogP contribution in [0.3, 0.4) is 0 Å². The van der Waals surface area contributed by atoms with Gasteiger partial charge in [0.15, 0.2) is 5.75 Å². The van der Waals surface area contributed by atoms with E-state index in [0.717, 1.165) is 6.42 Å². The number of aliphatic hydroxyl groups is 3. The maximum atomic E-state index is 13.2. The maximum absolute atomic E-state index is 13.2. The molecule has 1 aromatic carbocycles. The van der Waals surface area contributed by atoms with E-state index in [4.69, 9.17) is 27.1 Å². The zero-order chi connectivity index (χ0) is 43.3. The Balaban J connectivity index is 1.62. The SMILES string of the molecule is C#CCC(CC(C)C)C(=O)OCc1cnc(C)c(OC(=O)CCC/C=C\C[C@@H]2[C@@H](CCC(O)CCc3ccccc3)[C@H](O)C[C@@H]2O)c1COC(=O)C(CC#C)CC(C)C. The van der Waals surface area contributed by atoms with Crippen LogP contribution in [-0.2, 0) is 43.5 Å². The van der Waals surface area contributed by atoms with Crippen molar-refractivity contribution in [3.8, 4) is 30.4 Å². The highest BCUT2D eigenvalue weighted by Crippen LogP contribution is 2.39. The minimum absolute atomic E-state index is 0.0953. The van der Waals surface area contributed by atoms with Crippen molar-refractivity contribution in [2.75, 3.05) is 0 Å². The van der Waals surface area contributed by atoms with Gasteiger partial charge in [-0.25, -0.2) is 0 Å². The molecule has 0 radical (unpaired) electrons. The van der Waals surface area contributed by atoms with Gasteiger partial charge in [0, 0.05) is 36.6 Å². The van der Waals surface area contributed by atoms with Gasteiger partial charge in [-0.1, -0.05) is 70.2 Å². The Kier molecular flexibility index (Phi) is 21.4. The molecule has 0 amide bonds. The molecule has 1 aliphatic carbocycles. The van der Waals surface area contributed by atoms with Gasteiger partial charge in [0.2, 0.25) is 0 Å². The number of benzene rings is 1. The molecule has 1 saturated carbocycles. The summed E-state index contributed by atoms with van der Waals surface area (Å²) in [7, 11) is 0. The molecule has 10 nitrogen and oxygen atoms in total. The molecule has 2 aromatic rings. The molecule has 59 heavy (non-hydrogen) atoms. The van der Waals surface area contributed by atoms with E-state index in [1.165, 1.54) is 11.8 Å². The number of aromatic nitrogens is 1. The summed E-state index contributed by atoms with van der Waals surface area (Å²) in [5.41, 5.74) is 2.40. The second-order valence-electron chi connectivity index (χ2n) is 16.9. The van der Waals surface area contributed by atoms with Gasteiger partial charge >= 0.3 is 17.9 Å². The van der Waals surface area contributed by atoms with Crippen molar-refractivity contribution < 1.29 is 43.9 Å². The second-order valence-corrected chi connectivity index (χ2v) is 16.9. The Hall–Kier alpha value is -4.48. The fourth-order valence-electron chi connectivity index (χ4n) is 7.88. The summed E-state index contributed by atoms with van der Waals surface area (Å²) in [6, 6.07) is 10.0. The lowest BCUT2D eigenvalue weighted by molar-refractivity contribution is -0.152. The van der Waals surface area contributed by atoms with E-state index in [0.29, 0.717) is 74.6 Å². The molecule has 3 N–H and O–H groups in total. The molecule has 1 fully saturated rings. The lowest BCUT2D eigenvalue weighted by atomic mass is 9.85. The number of carbonyl (C=O) groups excluding carboxylic acids is 3. The molecule has 1 aromatic heterocycles. The van der Waals surface area contributed by atoms with Crippen LogP contribution in [0.4, 0.5) is 0 Å². The highest BCUT2D eigenvalue weighted by atomic mass is 16.6. The highest BCUT2D eigenvalue weighted by molar-refractivity contribution is 5.75. The van der Waals surface area contributed by atoms with E-state index in [1.807, 2.05) is 70.2 Å². The minimum atomic E-state index is -0.622. The number of unbranched alkanes of at least 4 members (excludes halogenated alkanes) is 1. The number of allylic oxidation sites excluding steroid dienone is 2. The van der Waals surface area contributed by atoms with Gasteiger partial charge in [-0.2, -0.15) is 0 Å². The molecular weight excluding hydrogens is 747 g/mol. The number of hydrogen-bond acceptors (Lipinski definition) is 10. The molecule has 7 atom stereocenters. The molecular formula is C49H67NO9. The third-order valence-corrected chi connectivity index (χ3v) is 11.0. The number of terminal acetylenes is 2. The van der Waals surface area contributed by atoms with Crippen molar-refractivity contribution in [1.29, 1.82) is 0 Å². The summed E-state index contributed by atoms with van der Waals surface area (Å²) >= 11 is 0. The standard InChI is InChI=1S/C49H67NO9/c1-8-17-37(27-33(3)4)48(55)57-31-39-30-50-35(7)47(43(39)32-58-49(56)38(18-9-2)28-34(5)6)59-46(54)22-16-11-10-15-21-41-42(45(53)29-44(41)52)26-25-40(51)24-23-36-19-13-12-14-20-36/h1-2,10,12-15,19-20,30,33-34,37-38,40-42,44-45,51-53H,11,16-18,21-29,31-32H2,3-7H3/b15-10-/t37?,38?,40?,41-,42-,44+,45-/m1/s1. The van der Waals surface area contributed by atoms with Gasteiger partial charge in [0.05, 0.1) is 35.8 Å². The van der Waals surface area contributed by atoms with Crippen LogP contribution in [0.1, 0.15) is 127 Å². The van der Waals surface area contributed by atoms with Crippen molar-refractivity contribution in [3.63, 3.8) is 0 Å². The van der Waals surface area contributed by atoms with E-state index in [2.05, 4.69) is 16.8 Å². The van der Waals surface area contributed by atoms with E-state index in [9.17, 15) is 29.7 Å². The Bertz CT molecular complexity index is 1720. The van der Waals surface area contributed by atoms with Gasteiger partial charge in [0.25, 0.3) is 0 Å². The average Bonchev–Trinajstić information content (AvgIpc) is 3.47. The molecule has 0 bridgehead atoms. The number of esters is 3. The number of ether oxygens (including phenoxy) is 3. The molecule has 0 spiro atoms. The average molecular weight is 814 g/mol. The largest absolute Gasteiger partial charge is 0.460 e. The normalized spacial score (nSPS) is 19.3. The predicted octanol–water partition coefficient (Wildman–Crippen LogP) is 8.00. The molecule has 1 aliphatic rings. The first kappa shape index (κ1) is 48.9. The highest BCUT2D eigenvalue weighted by Gasteiger charge is 2.40. The first-order valence-electron chi connectivity index (χ1n) is 21.3. The van der Waals surface area contributed by atoms with Crippen LogP contribution in [0.15, 0.2) is 48.7 Å². The van der Waals surface area contributed by atoms with Crippen molar-refractivity contribution in [2.24, 2.45) is 35.5 Å². The van der Waals surface area contributed by atoms with E-state index < -0.39 is 48.1 Å². The van der Waals surface area contributed by atoms with Crippen LogP contribution in [-0.4, -0.2) is 56.5 Å². The van der Waals surface area contributed by atoms with Crippen LogP contribution in [0.2, 0.25) is 0 Å². The summed E-state index contributed by atoms with van der Waals surface area (Å²) in [5.74, 6) is 3.10. The molecule has 10 heteroatoms. The quantitative estimate of drug-likeness (QED) is 0.0389. The number of hydrogen-bond donors (Lipinski definition) is 3. The van der Waals surface area contributed by atoms with Crippen molar-refractivity contribution in [1.82, 2.24) is 4.98 Å². The van der Waals surface area contributed by atoms with Crippen LogP contribution < -0.4 is 4.74 Å². The van der Waals surface area contributed by atoms with Gasteiger partial charge in [-0.05, 0) is 100 Å².